The molecule has 22 heavy (non-hydrogen) atoms. The summed E-state index contributed by atoms with van der Waals surface area (Å²) < 4.78 is 36.9. The highest BCUT2D eigenvalue weighted by Crippen LogP contribution is 2.18. The first-order chi connectivity index (χ1) is 10.3. The van der Waals surface area contributed by atoms with Crippen molar-refractivity contribution in [1.29, 1.82) is 0 Å². The minimum Gasteiger partial charge on any atom is -0.340 e. The molecule has 5 nitrogen and oxygen atoms in total. The number of aromatic nitrogens is 2. The summed E-state index contributed by atoms with van der Waals surface area (Å²) in [4.78, 5) is 15.1. The Labute approximate surface area is 127 Å². The molecule has 0 aliphatic carbocycles. The van der Waals surface area contributed by atoms with Crippen molar-refractivity contribution in [3.05, 3.63) is 17.0 Å². The molecule has 0 unspecified atom stereocenters. The van der Waals surface area contributed by atoms with Crippen LogP contribution in [0, 0.1) is 13.8 Å². The number of carbonyl (C=O) groups excluding carboxylic acids is 1. The van der Waals surface area contributed by atoms with E-state index in [2.05, 4.69) is 10.2 Å². The zero-order valence-electron chi connectivity index (χ0n) is 12.8. The van der Waals surface area contributed by atoms with Gasteiger partial charge in [-0.3, -0.25) is 14.8 Å². The van der Waals surface area contributed by atoms with Crippen molar-refractivity contribution in [2.75, 3.05) is 32.7 Å². The molecule has 1 fully saturated rings. The van der Waals surface area contributed by atoms with Gasteiger partial charge in [-0.1, -0.05) is 0 Å². The summed E-state index contributed by atoms with van der Waals surface area (Å²) in [5, 5.41) is 7.04. The molecule has 1 N–H and O–H groups in total. The van der Waals surface area contributed by atoms with Crippen LogP contribution < -0.4 is 0 Å². The molecule has 0 atom stereocenters. The van der Waals surface area contributed by atoms with Crippen molar-refractivity contribution in [2.24, 2.45) is 0 Å². The second-order valence-corrected chi connectivity index (χ2v) is 5.69. The van der Waals surface area contributed by atoms with Gasteiger partial charge in [-0.2, -0.15) is 18.3 Å². The number of alkyl halides is 3. The third-order valence-corrected chi connectivity index (χ3v) is 4.06. The number of carbonyl (C=O) groups is 1. The first kappa shape index (κ1) is 16.8. The Bertz CT molecular complexity index is 519. The highest BCUT2D eigenvalue weighted by Gasteiger charge is 2.32. The maximum atomic E-state index is 12.3. The van der Waals surface area contributed by atoms with Gasteiger partial charge in [0, 0.05) is 44.7 Å². The summed E-state index contributed by atoms with van der Waals surface area (Å²) in [5.41, 5.74) is 2.92. The lowest BCUT2D eigenvalue weighted by Gasteiger charge is -2.35. The fraction of sp³-hybridized carbons (Fsp3) is 0.714. The van der Waals surface area contributed by atoms with Crippen LogP contribution in [0.3, 0.4) is 0 Å². The van der Waals surface area contributed by atoms with Gasteiger partial charge < -0.3 is 4.90 Å². The maximum Gasteiger partial charge on any atom is 0.401 e. The van der Waals surface area contributed by atoms with E-state index in [4.69, 9.17) is 0 Å². The Balaban J connectivity index is 1.77. The molecule has 1 aliphatic rings. The van der Waals surface area contributed by atoms with Crippen LogP contribution in [0.25, 0.3) is 0 Å². The lowest BCUT2D eigenvalue weighted by atomic mass is 10.1. The summed E-state index contributed by atoms with van der Waals surface area (Å²) in [6.07, 6.45) is -3.29. The molecular formula is C14H21F3N4O. The number of nitrogens with one attached hydrogen (secondary N) is 1. The number of amides is 1. The minimum absolute atomic E-state index is 0.0216. The number of halogens is 3. The molecule has 8 heteroatoms. The average molecular weight is 318 g/mol. The smallest absolute Gasteiger partial charge is 0.340 e. The van der Waals surface area contributed by atoms with Crippen LogP contribution in [0.1, 0.15) is 23.4 Å². The third-order valence-electron chi connectivity index (χ3n) is 4.06. The van der Waals surface area contributed by atoms with E-state index in [-0.39, 0.29) is 19.0 Å². The van der Waals surface area contributed by atoms with Crippen LogP contribution in [-0.4, -0.2) is 64.8 Å². The third kappa shape index (κ3) is 4.46. The maximum absolute atomic E-state index is 12.3. The van der Waals surface area contributed by atoms with Crippen LogP contribution in [0.2, 0.25) is 0 Å². The number of nitrogens with zero attached hydrogens (tertiary/aromatic N) is 3. The van der Waals surface area contributed by atoms with Crippen molar-refractivity contribution >= 4 is 5.91 Å². The number of hydrogen-bond acceptors (Lipinski definition) is 3. The summed E-state index contributed by atoms with van der Waals surface area (Å²) >= 11 is 0. The summed E-state index contributed by atoms with van der Waals surface area (Å²) in [6.45, 7) is 4.22. The zero-order valence-corrected chi connectivity index (χ0v) is 12.8. The van der Waals surface area contributed by atoms with Crippen molar-refractivity contribution < 1.29 is 18.0 Å². The molecule has 2 rings (SSSR count). The Morgan fingerprint density at radius 3 is 2.36 bits per heavy atom. The molecule has 2 heterocycles. The molecule has 0 saturated carbocycles. The SMILES string of the molecule is Cc1[nH]nc(CCC(=O)N2CCN(CC(F)(F)F)CC2)c1C. The summed E-state index contributed by atoms with van der Waals surface area (Å²) in [7, 11) is 0. The van der Waals surface area contributed by atoms with Gasteiger partial charge in [0.25, 0.3) is 0 Å². The van der Waals surface area contributed by atoms with E-state index >= 15 is 0 Å². The Hall–Kier alpha value is -1.57. The van der Waals surface area contributed by atoms with Crippen molar-refractivity contribution in [3.8, 4) is 0 Å². The van der Waals surface area contributed by atoms with Gasteiger partial charge in [-0.15, -0.1) is 0 Å². The van der Waals surface area contributed by atoms with E-state index in [1.807, 2.05) is 13.8 Å². The molecule has 0 bridgehead atoms. The Kier molecular flexibility index (Phi) is 5.10. The molecule has 0 radical (unpaired) electrons. The number of rotatable bonds is 4. The van der Waals surface area contributed by atoms with Gasteiger partial charge in [-0.05, 0) is 19.4 Å². The van der Waals surface area contributed by atoms with Crippen molar-refractivity contribution in [2.45, 2.75) is 32.9 Å². The second-order valence-electron chi connectivity index (χ2n) is 5.69. The van der Waals surface area contributed by atoms with Crippen molar-refractivity contribution in [1.82, 2.24) is 20.0 Å². The molecule has 1 aromatic heterocycles. The average Bonchev–Trinajstić information content (AvgIpc) is 2.75. The Morgan fingerprint density at radius 1 is 1.23 bits per heavy atom. The number of aromatic amines is 1. The fourth-order valence-electron chi connectivity index (χ4n) is 2.57. The number of aryl methyl sites for hydroxylation is 2. The molecule has 1 aliphatic heterocycles. The van der Waals surface area contributed by atoms with E-state index in [1.54, 1.807) is 4.90 Å². The standard InChI is InChI=1S/C14H21F3N4O/c1-10-11(2)18-19-12(10)3-4-13(22)21-7-5-20(6-8-21)9-14(15,16)17/h3-9H2,1-2H3,(H,18,19). The zero-order chi connectivity index (χ0) is 16.3. The first-order valence-corrected chi connectivity index (χ1v) is 7.33. The van der Waals surface area contributed by atoms with Gasteiger partial charge in [0.15, 0.2) is 0 Å². The quantitative estimate of drug-likeness (QED) is 0.919. The number of H-pyrrole nitrogens is 1. The highest BCUT2D eigenvalue weighted by atomic mass is 19.4. The molecule has 1 amide bonds. The van der Waals surface area contributed by atoms with Crippen LogP contribution >= 0.6 is 0 Å². The van der Waals surface area contributed by atoms with Gasteiger partial charge in [-0.25, -0.2) is 0 Å². The van der Waals surface area contributed by atoms with Crippen molar-refractivity contribution in [3.63, 3.8) is 0 Å². The predicted octanol–water partition coefficient (Wildman–Crippen LogP) is 1.67. The van der Waals surface area contributed by atoms with Crippen LogP contribution in [0.4, 0.5) is 13.2 Å². The van der Waals surface area contributed by atoms with E-state index in [9.17, 15) is 18.0 Å². The molecule has 0 spiro atoms. The van der Waals surface area contributed by atoms with E-state index in [0.717, 1.165) is 17.0 Å². The molecular weight excluding hydrogens is 297 g/mol. The van der Waals surface area contributed by atoms with E-state index < -0.39 is 12.7 Å². The molecule has 0 aromatic carbocycles. The fourth-order valence-corrected chi connectivity index (χ4v) is 2.57. The Morgan fingerprint density at radius 2 is 1.86 bits per heavy atom. The topological polar surface area (TPSA) is 52.2 Å². The van der Waals surface area contributed by atoms with E-state index in [0.29, 0.717) is 25.9 Å². The van der Waals surface area contributed by atoms with Gasteiger partial charge in [0.2, 0.25) is 5.91 Å². The second kappa shape index (κ2) is 6.68. The van der Waals surface area contributed by atoms with Gasteiger partial charge in [0.1, 0.15) is 0 Å². The largest absolute Gasteiger partial charge is 0.401 e. The highest BCUT2D eigenvalue weighted by molar-refractivity contribution is 5.76. The number of hydrogen-bond donors (Lipinski definition) is 1. The van der Waals surface area contributed by atoms with E-state index in [1.165, 1.54) is 4.90 Å². The summed E-state index contributed by atoms with van der Waals surface area (Å²) in [5.74, 6) is -0.0216. The van der Waals surface area contributed by atoms with Crippen LogP contribution in [-0.2, 0) is 11.2 Å². The lowest BCUT2D eigenvalue weighted by Crippen LogP contribution is -2.50. The molecule has 1 aromatic rings. The van der Waals surface area contributed by atoms with Gasteiger partial charge in [0.05, 0.1) is 12.2 Å². The normalized spacial score (nSPS) is 17.0. The van der Waals surface area contributed by atoms with Crippen LogP contribution in [0.15, 0.2) is 0 Å². The predicted molar refractivity (Wildman–Crippen MR) is 75.5 cm³/mol. The minimum atomic E-state index is -4.18. The molecule has 1 saturated heterocycles. The van der Waals surface area contributed by atoms with Crippen LogP contribution in [0.5, 0.6) is 0 Å². The lowest BCUT2D eigenvalue weighted by molar-refractivity contribution is -0.151. The first-order valence-electron chi connectivity index (χ1n) is 7.33. The summed E-state index contributed by atoms with van der Waals surface area (Å²) in [6, 6.07) is 0. The van der Waals surface area contributed by atoms with Gasteiger partial charge >= 0.3 is 6.18 Å². The number of piperazine rings is 1. The molecule has 124 valence electrons. The monoisotopic (exact) mass is 318 g/mol.